The first-order valence-electron chi connectivity index (χ1n) is 5.29. The second-order valence-corrected chi connectivity index (χ2v) is 9.86. The Morgan fingerprint density at radius 1 is 1.21 bits per heavy atom. The van der Waals surface area contributed by atoms with Gasteiger partial charge in [-0.1, -0.05) is 12.1 Å². The van der Waals surface area contributed by atoms with Crippen molar-refractivity contribution >= 4 is 53.0 Å². The molecule has 3 nitrogen and oxygen atoms in total. The molecule has 2 N–H and O–H groups in total. The van der Waals surface area contributed by atoms with Gasteiger partial charge in [0, 0.05) is 6.26 Å². The number of hydrogen-bond donors (Lipinski definition) is 1. The van der Waals surface area contributed by atoms with E-state index < -0.39 is 9.84 Å². The highest BCUT2D eigenvalue weighted by Crippen LogP contribution is 2.36. The van der Waals surface area contributed by atoms with Crippen LogP contribution in [0, 0.1) is 0 Å². The molecular weight excluding hydrogens is 414 g/mol. The average Bonchev–Trinajstić information content (AvgIpc) is 2.66. The zero-order valence-electron chi connectivity index (χ0n) is 9.93. The summed E-state index contributed by atoms with van der Waals surface area (Å²) in [5.41, 5.74) is 8.05. The third-order valence-corrected chi connectivity index (χ3v) is 6.20. The van der Waals surface area contributed by atoms with Crippen LogP contribution < -0.4 is 5.73 Å². The van der Waals surface area contributed by atoms with Crippen molar-refractivity contribution < 1.29 is 8.42 Å². The van der Waals surface area contributed by atoms with Gasteiger partial charge in [0.15, 0.2) is 9.84 Å². The van der Waals surface area contributed by atoms with Gasteiger partial charge in [0.1, 0.15) is 0 Å². The van der Waals surface area contributed by atoms with Gasteiger partial charge in [-0.15, -0.1) is 11.3 Å². The van der Waals surface area contributed by atoms with Crippen LogP contribution in [0.5, 0.6) is 0 Å². The minimum atomic E-state index is -3.17. The molecule has 0 bridgehead atoms. The van der Waals surface area contributed by atoms with Crippen molar-refractivity contribution in [2.45, 2.75) is 10.9 Å². The molecule has 0 spiro atoms. The van der Waals surface area contributed by atoms with E-state index in [0.717, 1.165) is 18.7 Å². The fourth-order valence-electron chi connectivity index (χ4n) is 1.67. The molecule has 1 aromatic heterocycles. The van der Waals surface area contributed by atoms with Crippen LogP contribution in [0.1, 0.15) is 17.2 Å². The molecule has 19 heavy (non-hydrogen) atoms. The second kappa shape index (κ2) is 5.65. The van der Waals surface area contributed by atoms with Crippen LogP contribution in [0.15, 0.2) is 42.8 Å². The highest BCUT2D eigenvalue weighted by Gasteiger charge is 2.16. The van der Waals surface area contributed by atoms with Crippen molar-refractivity contribution in [1.29, 1.82) is 0 Å². The zero-order valence-corrected chi connectivity index (χ0v) is 14.7. The molecule has 2 rings (SSSR count). The highest BCUT2D eigenvalue weighted by molar-refractivity contribution is 9.12. The third kappa shape index (κ3) is 3.46. The van der Waals surface area contributed by atoms with Crippen LogP contribution in [0.2, 0.25) is 0 Å². The summed E-state index contributed by atoms with van der Waals surface area (Å²) in [4.78, 5) is 0.300. The number of nitrogens with two attached hydrogens (primary N) is 1. The Morgan fingerprint density at radius 3 is 2.21 bits per heavy atom. The summed E-state index contributed by atoms with van der Waals surface area (Å²) in [6.45, 7) is 0. The molecule has 0 saturated carbocycles. The summed E-state index contributed by atoms with van der Waals surface area (Å²) in [5.74, 6) is 0. The first-order valence-corrected chi connectivity index (χ1v) is 9.59. The Balaban J connectivity index is 2.35. The van der Waals surface area contributed by atoms with E-state index in [1.54, 1.807) is 35.6 Å². The number of hydrogen-bond acceptors (Lipinski definition) is 4. The number of sulfone groups is 1. The van der Waals surface area contributed by atoms with Gasteiger partial charge in [0.25, 0.3) is 0 Å². The van der Waals surface area contributed by atoms with Gasteiger partial charge in [-0.2, -0.15) is 0 Å². The van der Waals surface area contributed by atoms with E-state index in [1.165, 1.54) is 6.26 Å². The van der Waals surface area contributed by atoms with Gasteiger partial charge >= 0.3 is 0 Å². The lowest BCUT2D eigenvalue weighted by Gasteiger charge is -2.11. The van der Waals surface area contributed by atoms with Crippen LogP contribution >= 0.6 is 43.2 Å². The molecule has 1 aromatic carbocycles. The summed E-state index contributed by atoms with van der Waals surface area (Å²) in [6, 6.07) is 8.34. The average molecular weight is 425 g/mol. The first kappa shape index (κ1) is 15.2. The minimum Gasteiger partial charge on any atom is -0.320 e. The highest BCUT2D eigenvalue weighted by atomic mass is 79.9. The van der Waals surface area contributed by atoms with E-state index in [-0.39, 0.29) is 6.04 Å². The molecule has 0 aliphatic heterocycles. The predicted molar refractivity (Wildman–Crippen MR) is 85.3 cm³/mol. The Hall–Kier alpha value is -0.210. The van der Waals surface area contributed by atoms with Gasteiger partial charge in [0.05, 0.1) is 18.5 Å². The molecule has 0 fully saturated rings. The summed E-state index contributed by atoms with van der Waals surface area (Å²) >= 11 is 8.45. The van der Waals surface area contributed by atoms with Crippen molar-refractivity contribution in [3.63, 3.8) is 0 Å². The first-order chi connectivity index (χ1) is 8.79. The van der Waals surface area contributed by atoms with Crippen molar-refractivity contribution in [3.8, 4) is 0 Å². The molecule has 1 atom stereocenters. The number of thiophene rings is 1. The van der Waals surface area contributed by atoms with Crippen LogP contribution in [0.3, 0.4) is 0 Å². The van der Waals surface area contributed by atoms with Crippen LogP contribution in [0.4, 0.5) is 0 Å². The molecule has 0 aliphatic carbocycles. The van der Waals surface area contributed by atoms with Crippen LogP contribution in [0.25, 0.3) is 0 Å². The maximum atomic E-state index is 11.4. The van der Waals surface area contributed by atoms with E-state index in [9.17, 15) is 8.42 Å². The van der Waals surface area contributed by atoms with Gasteiger partial charge in [0.2, 0.25) is 0 Å². The molecule has 0 aliphatic rings. The smallest absolute Gasteiger partial charge is 0.175 e. The van der Waals surface area contributed by atoms with Gasteiger partial charge in [-0.3, -0.25) is 0 Å². The number of rotatable bonds is 3. The molecule has 2 aromatic rings. The van der Waals surface area contributed by atoms with E-state index >= 15 is 0 Å². The second-order valence-electron chi connectivity index (χ2n) is 4.10. The normalized spacial score (nSPS) is 13.5. The van der Waals surface area contributed by atoms with E-state index in [2.05, 4.69) is 31.9 Å². The van der Waals surface area contributed by atoms with Gasteiger partial charge in [-0.05, 0) is 61.2 Å². The number of halogens is 2. The van der Waals surface area contributed by atoms with Crippen molar-refractivity contribution in [3.05, 3.63) is 49.0 Å². The quantitative estimate of drug-likeness (QED) is 0.816. The lowest BCUT2D eigenvalue weighted by atomic mass is 10.0. The standard InChI is InChI=1S/C12H11Br2NO2S2/c1-19(16,17)8-4-2-7(3-5-8)11(15)9-6-10(13)18-12(9)14/h2-6,11H,15H2,1H3. The van der Waals surface area contributed by atoms with Crippen LogP contribution in [-0.4, -0.2) is 14.7 Å². The SMILES string of the molecule is CS(=O)(=O)c1ccc(C(N)c2cc(Br)sc2Br)cc1. The molecule has 7 heteroatoms. The molecule has 0 radical (unpaired) electrons. The van der Waals surface area contributed by atoms with Crippen LogP contribution in [-0.2, 0) is 9.84 Å². The van der Waals surface area contributed by atoms with E-state index in [1.807, 2.05) is 6.07 Å². The summed E-state index contributed by atoms with van der Waals surface area (Å²) < 4.78 is 24.8. The number of benzene rings is 1. The van der Waals surface area contributed by atoms with Crippen molar-refractivity contribution in [1.82, 2.24) is 0 Å². The molecule has 102 valence electrons. The van der Waals surface area contributed by atoms with E-state index in [4.69, 9.17) is 5.73 Å². The fraction of sp³-hybridized carbons (Fsp3) is 0.167. The predicted octanol–water partition coefficient (Wildman–Crippen LogP) is 3.72. The summed E-state index contributed by atoms with van der Waals surface area (Å²) in [7, 11) is -3.17. The fourth-order valence-corrected chi connectivity index (χ4v) is 5.23. The third-order valence-electron chi connectivity index (χ3n) is 2.69. The Labute approximate surface area is 133 Å². The Kier molecular flexibility index (Phi) is 4.52. The van der Waals surface area contributed by atoms with E-state index in [0.29, 0.717) is 4.90 Å². The summed E-state index contributed by atoms with van der Waals surface area (Å²) in [6.07, 6.45) is 1.19. The van der Waals surface area contributed by atoms with Crippen molar-refractivity contribution in [2.75, 3.05) is 6.26 Å². The molecule has 1 heterocycles. The molecule has 1 unspecified atom stereocenters. The monoisotopic (exact) mass is 423 g/mol. The zero-order chi connectivity index (χ0) is 14.2. The van der Waals surface area contributed by atoms with Crippen molar-refractivity contribution in [2.24, 2.45) is 5.73 Å². The maximum Gasteiger partial charge on any atom is 0.175 e. The lowest BCUT2D eigenvalue weighted by molar-refractivity contribution is 0.602. The maximum absolute atomic E-state index is 11.4. The lowest BCUT2D eigenvalue weighted by Crippen LogP contribution is -2.11. The topological polar surface area (TPSA) is 60.2 Å². The molecule has 0 amide bonds. The van der Waals surface area contributed by atoms with Gasteiger partial charge in [-0.25, -0.2) is 8.42 Å². The Morgan fingerprint density at radius 2 is 1.79 bits per heavy atom. The minimum absolute atomic E-state index is 0.287. The van der Waals surface area contributed by atoms with Gasteiger partial charge < -0.3 is 5.73 Å². The Bertz CT molecular complexity index is 693. The largest absolute Gasteiger partial charge is 0.320 e. The molecular formula is C12H11Br2NO2S2. The molecule has 0 saturated heterocycles. The summed E-state index contributed by atoms with van der Waals surface area (Å²) in [5, 5.41) is 0.